The van der Waals surface area contributed by atoms with E-state index in [1.807, 2.05) is 54.6 Å². The van der Waals surface area contributed by atoms with Gasteiger partial charge in [-0.05, 0) is 80.3 Å². The molecule has 5 rings (SSSR count). The number of para-hydroxylation sites is 1. The van der Waals surface area contributed by atoms with Crippen LogP contribution in [-0.2, 0) is 43.2 Å². The zero-order valence-electron chi connectivity index (χ0n) is 38.2. The Morgan fingerprint density at radius 3 is 2.22 bits per heavy atom. The molecule has 4 aromatic rings. The Labute approximate surface area is 391 Å². The van der Waals surface area contributed by atoms with Crippen LogP contribution in [0, 0.1) is 5.92 Å². The lowest BCUT2D eigenvalue weighted by molar-refractivity contribution is -0.132. The van der Waals surface area contributed by atoms with Gasteiger partial charge in [0.2, 0.25) is 23.6 Å². The molecule has 2 aromatic carbocycles. The fourth-order valence-corrected chi connectivity index (χ4v) is 8.00. The highest BCUT2D eigenvalue weighted by atomic mass is 16.3. The minimum Gasteiger partial charge on any atom is -0.377 e. The number of Topliss-reactive ketones (excluding diaryl/α,β-unsaturated/α-hetero) is 1. The SMILES string of the molecule is C[C@H]1CCC(=O)CCNCCCC[C@@H](C(N)O)NC(=O)C(Cc2c[nH]c3ccccc23)NC(=O)C(CCCN=C(N)N)NC(O)[C@@H](Cc2ccccc2)NC(=O)[C@H](Cc2cccnc2)NC1=O. The second kappa shape index (κ2) is 26.8. The quantitative estimate of drug-likeness (QED) is 0.0417. The molecule has 1 saturated heterocycles. The topological polar surface area (TPSA) is 317 Å². The lowest BCUT2D eigenvalue weighted by Crippen LogP contribution is -2.61. The Bertz CT molecular complexity index is 2220. The van der Waals surface area contributed by atoms with Gasteiger partial charge < -0.3 is 59.0 Å². The molecule has 8 atom stereocenters. The van der Waals surface area contributed by atoms with Crippen LogP contribution in [0.1, 0.15) is 75.0 Å². The summed E-state index contributed by atoms with van der Waals surface area (Å²) in [7, 11) is 0. The van der Waals surface area contributed by atoms with Crippen molar-refractivity contribution in [1.29, 1.82) is 0 Å². The van der Waals surface area contributed by atoms with E-state index >= 15 is 0 Å². The lowest BCUT2D eigenvalue weighted by atomic mass is 9.99. The predicted molar refractivity (Wildman–Crippen MR) is 256 cm³/mol. The molecule has 4 unspecified atom stereocenters. The van der Waals surface area contributed by atoms with Crippen molar-refractivity contribution in [1.82, 2.24) is 41.9 Å². The Balaban J connectivity index is 1.49. The molecule has 15 N–H and O–H groups in total. The zero-order chi connectivity index (χ0) is 48.1. The maximum absolute atomic E-state index is 14.6. The van der Waals surface area contributed by atoms with Crippen LogP contribution in [0.2, 0.25) is 0 Å². The number of aromatic nitrogens is 2. The monoisotopic (exact) mass is 925 g/mol. The standard InChI is InChI=1S/C48H68N12O7/c1-30-18-19-34(61)20-24-52-21-8-7-16-37(42(49)62)56-47(67)41(27-33-29-55-36-15-6-5-14-35(33)36)60-44(64)38(17-10-23-54-48(50)51)57-45(65)39(25-31-11-3-2-4-12-31)59-46(66)40(58-43(30)63)26-32-13-9-22-53-28-32/h2-6,9,11-15,22,28-30,37-42,45,52,55,57,62,65H,7-8,10,16-21,23-27,49H2,1H3,(H,56,67)(H,58,63)(H,59,66)(H,60,64)(H4,50,51,54)/t30-,37-,38?,39+,40-,41?,42?,45?/m0/s1. The van der Waals surface area contributed by atoms with Crippen LogP contribution in [-0.4, -0.2) is 118 Å². The smallest absolute Gasteiger partial charge is 0.243 e. The second-order valence-corrected chi connectivity index (χ2v) is 17.2. The van der Waals surface area contributed by atoms with Gasteiger partial charge in [-0.1, -0.05) is 61.5 Å². The molecule has 0 spiro atoms. The number of aliphatic imine (C=N–C) groups is 1. The Morgan fingerprint density at radius 2 is 1.48 bits per heavy atom. The van der Waals surface area contributed by atoms with Crippen molar-refractivity contribution in [3.8, 4) is 0 Å². The number of pyridine rings is 1. The normalized spacial score (nSPS) is 24.4. The highest BCUT2D eigenvalue weighted by Crippen LogP contribution is 2.20. The van der Waals surface area contributed by atoms with E-state index in [4.69, 9.17) is 17.2 Å². The Morgan fingerprint density at radius 1 is 0.776 bits per heavy atom. The van der Waals surface area contributed by atoms with E-state index in [9.17, 15) is 34.2 Å². The molecule has 2 aromatic heterocycles. The van der Waals surface area contributed by atoms with Crippen LogP contribution < -0.4 is 49.1 Å². The van der Waals surface area contributed by atoms with Gasteiger partial charge in [0.15, 0.2) is 5.96 Å². The van der Waals surface area contributed by atoms with Gasteiger partial charge in [-0.15, -0.1) is 0 Å². The van der Waals surface area contributed by atoms with E-state index in [0.717, 1.165) is 22.0 Å². The third-order valence-electron chi connectivity index (χ3n) is 11.9. The number of hydrogen-bond acceptors (Lipinski definition) is 12. The Kier molecular flexibility index (Phi) is 20.7. The molecule has 362 valence electrons. The molecule has 19 heteroatoms. The van der Waals surface area contributed by atoms with Crippen molar-refractivity contribution in [3.05, 3.63) is 102 Å². The second-order valence-electron chi connectivity index (χ2n) is 17.2. The summed E-state index contributed by atoms with van der Waals surface area (Å²) >= 11 is 0. The minimum atomic E-state index is -1.56. The average Bonchev–Trinajstić information content (AvgIpc) is 3.72. The maximum Gasteiger partial charge on any atom is 0.243 e. The summed E-state index contributed by atoms with van der Waals surface area (Å²) < 4.78 is 0. The number of amides is 4. The number of guanidine groups is 1. The van der Waals surface area contributed by atoms with Crippen molar-refractivity contribution < 1.29 is 34.2 Å². The number of nitrogens with zero attached hydrogens (tertiary/aromatic N) is 2. The fraction of sp³-hybridized carbons (Fsp3) is 0.479. The van der Waals surface area contributed by atoms with Crippen LogP contribution >= 0.6 is 0 Å². The molecule has 67 heavy (non-hydrogen) atoms. The largest absolute Gasteiger partial charge is 0.377 e. The van der Waals surface area contributed by atoms with Crippen LogP contribution in [0.3, 0.4) is 0 Å². The van der Waals surface area contributed by atoms with E-state index in [-0.39, 0.29) is 69.7 Å². The molecule has 19 nitrogen and oxygen atoms in total. The first-order chi connectivity index (χ1) is 32.3. The number of fused-ring (bicyclic) bond motifs is 1. The molecular weight excluding hydrogens is 857 g/mol. The highest BCUT2D eigenvalue weighted by Gasteiger charge is 2.34. The van der Waals surface area contributed by atoms with Crippen molar-refractivity contribution >= 4 is 46.3 Å². The molecule has 0 bridgehead atoms. The number of aromatic amines is 1. The fourth-order valence-electron chi connectivity index (χ4n) is 8.00. The number of carbonyl (C=O) groups is 5. The summed E-state index contributed by atoms with van der Waals surface area (Å²) in [6.07, 6.45) is 4.88. The first-order valence-electron chi connectivity index (χ1n) is 23.1. The van der Waals surface area contributed by atoms with Gasteiger partial charge in [0, 0.05) is 74.2 Å². The Hall–Kier alpha value is -6.25. The van der Waals surface area contributed by atoms with Gasteiger partial charge in [0.25, 0.3) is 0 Å². The zero-order valence-corrected chi connectivity index (χ0v) is 38.2. The average molecular weight is 925 g/mol. The van der Waals surface area contributed by atoms with E-state index in [1.54, 1.807) is 37.6 Å². The third-order valence-corrected chi connectivity index (χ3v) is 11.9. The van der Waals surface area contributed by atoms with Crippen LogP contribution in [0.5, 0.6) is 0 Å². The van der Waals surface area contributed by atoms with Crippen molar-refractivity contribution in [2.24, 2.45) is 28.1 Å². The molecule has 0 saturated carbocycles. The number of aliphatic hydroxyl groups excluding tert-OH is 2. The molecule has 1 fully saturated rings. The molecule has 1 aliphatic heterocycles. The molecule has 0 radical (unpaired) electrons. The number of nitrogens with two attached hydrogens (primary N) is 3. The number of nitrogens with one attached hydrogen (secondary N) is 7. The molecule has 1 aliphatic rings. The molecular formula is C48H68N12O7. The first-order valence-corrected chi connectivity index (χ1v) is 23.1. The van der Waals surface area contributed by atoms with Crippen LogP contribution in [0.15, 0.2) is 90.3 Å². The van der Waals surface area contributed by atoms with Crippen LogP contribution in [0.25, 0.3) is 10.9 Å². The van der Waals surface area contributed by atoms with Crippen molar-refractivity contribution in [2.45, 2.75) is 120 Å². The van der Waals surface area contributed by atoms with E-state index in [0.29, 0.717) is 37.9 Å². The van der Waals surface area contributed by atoms with E-state index in [2.05, 4.69) is 46.9 Å². The van der Waals surface area contributed by atoms with Gasteiger partial charge in [-0.3, -0.25) is 39.3 Å². The van der Waals surface area contributed by atoms with Gasteiger partial charge in [-0.25, -0.2) is 0 Å². The van der Waals surface area contributed by atoms with Crippen molar-refractivity contribution in [2.75, 3.05) is 19.6 Å². The van der Waals surface area contributed by atoms with E-state index in [1.165, 1.54) is 0 Å². The molecule has 4 amide bonds. The summed E-state index contributed by atoms with van der Waals surface area (Å²) in [6.45, 7) is 2.86. The number of benzene rings is 2. The third kappa shape index (κ3) is 17.2. The lowest BCUT2D eigenvalue weighted by Gasteiger charge is -2.31. The number of ketones is 1. The number of aliphatic hydroxyl groups is 2. The van der Waals surface area contributed by atoms with Gasteiger partial charge >= 0.3 is 0 Å². The van der Waals surface area contributed by atoms with Gasteiger partial charge in [-0.2, -0.15) is 0 Å². The maximum atomic E-state index is 14.6. The minimum absolute atomic E-state index is 0.0126. The summed E-state index contributed by atoms with van der Waals surface area (Å²) in [5.74, 6) is -2.99. The summed E-state index contributed by atoms with van der Waals surface area (Å²) in [6, 6.07) is 14.8. The molecule has 0 aliphatic carbocycles. The summed E-state index contributed by atoms with van der Waals surface area (Å²) in [4.78, 5) is 81.3. The number of rotatable bonds is 11. The van der Waals surface area contributed by atoms with Crippen molar-refractivity contribution in [3.63, 3.8) is 0 Å². The predicted octanol–water partition coefficient (Wildman–Crippen LogP) is 0.286. The number of carbonyl (C=O) groups excluding carboxylic acids is 5. The van der Waals surface area contributed by atoms with Crippen LogP contribution in [0.4, 0.5) is 0 Å². The summed E-state index contributed by atoms with van der Waals surface area (Å²) in [5.41, 5.74) is 20.2. The molecule has 3 heterocycles. The van der Waals surface area contributed by atoms with Gasteiger partial charge in [0.05, 0.1) is 18.1 Å². The number of H-pyrrole nitrogens is 1. The van der Waals surface area contributed by atoms with E-state index < -0.39 is 72.2 Å². The first kappa shape index (κ1) is 51.7. The highest BCUT2D eigenvalue weighted by molar-refractivity contribution is 5.92. The van der Waals surface area contributed by atoms with Gasteiger partial charge in [0.1, 0.15) is 30.3 Å². The number of hydrogen-bond donors (Lipinski definition) is 12. The summed E-state index contributed by atoms with van der Waals surface area (Å²) in [5, 5.41) is 41.4.